The van der Waals surface area contributed by atoms with Crippen molar-refractivity contribution in [3.05, 3.63) is 70.6 Å². The number of benzene rings is 2. The second-order valence-electron chi connectivity index (χ2n) is 7.25. The van der Waals surface area contributed by atoms with E-state index in [2.05, 4.69) is 15.7 Å². The second-order valence-corrected chi connectivity index (χ2v) is 7.25. The molecule has 30 heavy (non-hydrogen) atoms. The highest BCUT2D eigenvalue weighted by molar-refractivity contribution is 5.73. The minimum absolute atomic E-state index is 0.144. The number of carbonyl (C=O) groups excluding carboxylic acids is 1. The van der Waals surface area contributed by atoms with Gasteiger partial charge < -0.3 is 15.4 Å². The highest BCUT2D eigenvalue weighted by Gasteiger charge is 2.30. The van der Waals surface area contributed by atoms with E-state index in [0.717, 1.165) is 29.7 Å². The van der Waals surface area contributed by atoms with Crippen molar-refractivity contribution in [1.29, 1.82) is 0 Å². The molecule has 0 atom stereocenters. The Morgan fingerprint density at radius 2 is 1.83 bits per heavy atom. The van der Waals surface area contributed by atoms with E-state index in [0.29, 0.717) is 25.5 Å². The van der Waals surface area contributed by atoms with Crippen LogP contribution in [0.25, 0.3) is 11.4 Å². The van der Waals surface area contributed by atoms with Crippen LogP contribution in [0, 0.1) is 0 Å². The van der Waals surface area contributed by atoms with Crippen LogP contribution < -0.4 is 21.1 Å². The molecule has 0 saturated heterocycles. The fourth-order valence-corrected chi connectivity index (χ4v) is 3.28. The number of carbonyl (C=O) groups is 1. The molecule has 1 heterocycles. The zero-order chi connectivity index (χ0) is 20.9. The Bertz CT molecular complexity index is 1050. The summed E-state index contributed by atoms with van der Waals surface area (Å²) in [5.41, 5.74) is 1.75. The maximum absolute atomic E-state index is 12.9. The van der Waals surface area contributed by atoms with Crippen LogP contribution in [0.15, 0.2) is 59.4 Å². The Morgan fingerprint density at radius 1 is 1.10 bits per heavy atom. The Kier molecular flexibility index (Phi) is 5.83. The second kappa shape index (κ2) is 8.86. The fraction of sp³-hybridized carbons (Fsp3) is 0.318. The summed E-state index contributed by atoms with van der Waals surface area (Å²) in [5, 5.41) is 10.1. The van der Waals surface area contributed by atoms with Crippen molar-refractivity contribution >= 4 is 6.03 Å². The molecule has 8 heteroatoms. The lowest BCUT2D eigenvalue weighted by molar-refractivity contribution is 0.240. The number of nitrogens with one attached hydrogen (secondary N) is 2. The van der Waals surface area contributed by atoms with Crippen LogP contribution in [0.4, 0.5) is 4.79 Å². The van der Waals surface area contributed by atoms with Crippen LogP contribution in [-0.2, 0) is 13.1 Å². The molecule has 1 aliphatic carbocycles. The predicted molar refractivity (Wildman–Crippen MR) is 113 cm³/mol. The molecule has 1 aromatic heterocycles. The van der Waals surface area contributed by atoms with Gasteiger partial charge in [0.15, 0.2) is 5.82 Å². The molecule has 0 radical (unpaired) electrons. The zero-order valence-corrected chi connectivity index (χ0v) is 16.9. The van der Waals surface area contributed by atoms with E-state index in [1.807, 2.05) is 54.6 Å². The zero-order valence-electron chi connectivity index (χ0n) is 16.9. The van der Waals surface area contributed by atoms with Gasteiger partial charge in [-0.05, 0) is 42.7 Å². The largest absolute Gasteiger partial charge is 0.497 e. The van der Waals surface area contributed by atoms with Crippen LogP contribution >= 0.6 is 0 Å². The molecule has 0 aliphatic heterocycles. The molecule has 0 unspecified atom stereocenters. The van der Waals surface area contributed by atoms with Crippen molar-refractivity contribution < 1.29 is 9.53 Å². The molecule has 2 amide bonds. The number of rotatable bonds is 8. The van der Waals surface area contributed by atoms with Gasteiger partial charge in [0.1, 0.15) is 5.75 Å². The Labute approximate surface area is 174 Å². The lowest BCUT2D eigenvalue weighted by atomic mass is 10.2. The number of methoxy groups -OCH3 is 1. The summed E-state index contributed by atoms with van der Waals surface area (Å²) in [4.78, 5) is 24.9. The molecule has 8 nitrogen and oxygen atoms in total. The average Bonchev–Trinajstić information content (AvgIpc) is 3.57. The van der Waals surface area contributed by atoms with Crippen molar-refractivity contribution in [2.75, 3.05) is 13.7 Å². The quantitative estimate of drug-likeness (QED) is 0.601. The van der Waals surface area contributed by atoms with E-state index in [-0.39, 0.29) is 17.8 Å². The van der Waals surface area contributed by atoms with Gasteiger partial charge in [-0.2, -0.15) is 0 Å². The van der Waals surface area contributed by atoms with Gasteiger partial charge in [-0.3, -0.25) is 4.57 Å². The van der Waals surface area contributed by atoms with Crippen LogP contribution in [-0.4, -0.2) is 34.0 Å². The Morgan fingerprint density at radius 3 is 2.50 bits per heavy atom. The van der Waals surface area contributed by atoms with E-state index < -0.39 is 0 Å². The highest BCUT2D eigenvalue weighted by Crippen LogP contribution is 2.36. The number of nitrogens with zero attached hydrogens (tertiary/aromatic N) is 3. The van der Waals surface area contributed by atoms with Gasteiger partial charge in [0, 0.05) is 24.7 Å². The van der Waals surface area contributed by atoms with Gasteiger partial charge in [-0.25, -0.2) is 14.3 Å². The van der Waals surface area contributed by atoms with E-state index in [4.69, 9.17) is 4.74 Å². The third kappa shape index (κ3) is 4.53. The van der Waals surface area contributed by atoms with Crippen LogP contribution in [0.5, 0.6) is 5.75 Å². The summed E-state index contributed by atoms with van der Waals surface area (Å²) < 4.78 is 8.39. The first-order chi connectivity index (χ1) is 14.7. The lowest BCUT2D eigenvalue weighted by Gasteiger charge is -2.07. The third-order valence-corrected chi connectivity index (χ3v) is 5.04. The van der Waals surface area contributed by atoms with Crippen molar-refractivity contribution in [3.63, 3.8) is 0 Å². The number of hydrogen-bond acceptors (Lipinski definition) is 4. The van der Waals surface area contributed by atoms with Gasteiger partial charge in [-0.15, -0.1) is 5.10 Å². The van der Waals surface area contributed by atoms with Crippen LogP contribution in [0.3, 0.4) is 0 Å². The monoisotopic (exact) mass is 407 g/mol. The molecule has 1 fully saturated rings. The normalized spacial score (nSPS) is 13.1. The molecule has 4 rings (SSSR count). The van der Waals surface area contributed by atoms with Gasteiger partial charge in [0.2, 0.25) is 0 Å². The number of urea groups is 1. The van der Waals surface area contributed by atoms with Crippen molar-refractivity contribution in [3.8, 4) is 17.1 Å². The first-order valence-corrected chi connectivity index (χ1v) is 10.0. The molecular weight excluding hydrogens is 382 g/mol. The van der Waals surface area contributed by atoms with Crippen molar-refractivity contribution in [2.24, 2.45) is 0 Å². The highest BCUT2D eigenvalue weighted by atomic mass is 16.5. The molecule has 1 saturated carbocycles. The lowest BCUT2D eigenvalue weighted by Crippen LogP contribution is -2.38. The Hall–Kier alpha value is -3.55. The van der Waals surface area contributed by atoms with E-state index >= 15 is 0 Å². The summed E-state index contributed by atoms with van der Waals surface area (Å²) in [7, 11) is 1.62. The molecule has 2 aromatic carbocycles. The summed E-state index contributed by atoms with van der Waals surface area (Å²) >= 11 is 0. The molecule has 1 aliphatic rings. The smallest absolute Gasteiger partial charge is 0.346 e. The topological polar surface area (TPSA) is 90.2 Å². The van der Waals surface area contributed by atoms with Crippen LogP contribution in [0.2, 0.25) is 0 Å². The predicted octanol–water partition coefficient (Wildman–Crippen LogP) is 2.55. The summed E-state index contributed by atoms with van der Waals surface area (Å²) in [6.07, 6.45) is 1.96. The molecule has 156 valence electrons. The van der Waals surface area contributed by atoms with Crippen LogP contribution in [0.1, 0.15) is 24.4 Å². The van der Waals surface area contributed by atoms with Gasteiger partial charge in [0.05, 0.1) is 13.7 Å². The number of aromatic nitrogens is 3. The maximum Gasteiger partial charge on any atom is 0.346 e. The summed E-state index contributed by atoms with van der Waals surface area (Å²) in [6, 6.07) is 17.1. The Balaban J connectivity index is 1.39. The van der Waals surface area contributed by atoms with Crippen molar-refractivity contribution in [2.45, 2.75) is 32.0 Å². The minimum Gasteiger partial charge on any atom is -0.497 e. The van der Waals surface area contributed by atoms with Gasteiger partial charge in [0.25, 0.3) is 0 Å². The third-order valence-electron chi connectivity index (χ3n) is 5.04. The number of hydrogen-bond donors (Lipinski definition) is 2. The molecule has 0 bridgehead atoms. The van der Waals surface area contributed by atoms with E-state index in [1.54, 1.807) is 11.7 Å². The summed E-state index contributed by atoms with van der Waals surface area (Å²) in [6.45, 7) is 1.06. The average molecular weight is 407 g/mol. The summed E-state index contributed by atoms with van der Waals surface area (Å²) in [5.74, 6) is 1.41. The SMILES string of the molecule is COc1ccc(-c2nn(CCNC(=O)NCc3ccccc3)c(=O)n2C2CC2)cc1. The number of ether oxygens (including phenoxy) is 1. The molecule has 3 aromatic rings. The molecule has 2 N–H and O–H groups in total. The standard InChI is InChI=1S/C22H25N5O3/c1-30-19-11-7-17(8-12-19)20-25-26(22(29)27(20)18-9-10-18)14-13-23-21(28)24-15-16-5-3-2-4-6-16/h2-8,11-12,18H,9-10,13-15H2,1H3,(H2,23,24,28). The van der Waals surface area contributed by atoms with E-state index in [9.17, 15) is 9.59 Å². The maximum atomic E-state index is 12.9. The fourth-order valence-electron chi connectivity index (χ4n) is 3.28. The molecular formula is C22H25N5O3. The first-order valence-electron chi connectivity index (χ1n) is 10.0. The first kappa shape index (κ1) is 19.8. The van der Waals surface area contributed by atoms with Gasteiger partial charge in [-0.1, -0.05) is 30.3 Å². The molecule has 0 spiro atoms. The van der Waals surface area contributed by atoms with Gasteiger partial charge >= 0.3 is 11.7 Å². The number of amides is 2. The van der Waals surface area contributed by atoms with Crippen molar-refractivity contribution in [1.82, 2.24) is 25.0 Å². The minimum atomic E-state index is -0.274. The van der Waals surface area contributed by atoms with E-state index in [1.165, 1.54) is 4.68 Å².